The number of thiazole rings is 1. The van der Waals surface area contributed by atoms with Gasteiger partial charge in [0.05, 0.1) is 21.5 Å². The molecular formula is C22H22Cl2N4O2S2. The fraction of sp³-hybridized carbons (Fsp3) is 0.318. The Bertz CT molecular complexity index is 1070. The summed E-state index contributed by atoms with van der Waals surface area (Å²) in [6.07, 6.45) is 4.75. The molecule has 1 aliphatic rings. The van der Waals surface area contributed by atoms with E-state index in [1.54, 1.807) is 12.1 Å². The maximum absolute atomic E-state index is 12.4. The van der Waals surface area contributed by atoms with Gasteiger partial charge in [-0.3, -0.25) is 9.69 Å². The van der Waals surface area contributed by atoms with E-state index in [-0.39, 0.29) is 11.9 Å². The lowest BCUT2D eigenvalue weighted by atomic mass is 10.0. The molecule has 1 aliphatic heterocycles. The fourth-order valence-electron chi connectivity index (χ4n) is 3.57. The standard InChI is InChI=1S/C22H22Cl2N4O2S2/c23-18-2-1-15(11-19(18)24)12-27-7-5-17(6-8-27)25-21(29)14-32-22-26-20(13-31-22)16-3-9-28(30)10-4-16/h1-4,9-11,13,17H,5-8,12,14H2,(H,25,29). The van der Waals surface area contributed by atoms with Gasteiger partial charge in [-0.1, -0.05) is 41.0 Å². The van der Waals surface area contributed by atoms with Crippen molar-refractivity contribution in [2.24, 2.45) is 0 Å². The third-order valence-electron chi connectivity index (χ3n) is 5.25. The van der Waals surface area contributed by atoms with Gasteiger partial charge in [-0.15, -0.1) is 11.3 Å². The van der Waals surface area contributed by atoms with Gasteiger partial charge in [-0.25, -0.2) is 4.98 Å². The number of rotatable bonds is 7. The van der Waals surface area contributed by atoms with Crippen LogP contribution in [0.3, 0.4) is 0 Å². The Kier molecular flexibility index (Phi) is 7.91. The van der Waals surface area contributed by atoms with Crippen LogP contribution in [0.15, 0.2) is 52.4 Å². The predicted octanol–water partition coefficient (Wildman–Crippen LogP) is 4.62. The summed E-state index contributed by atoms with van der Waals surface area (Å²) < 4.78 is 1.58. The largest absolute Gasteiger partial charge is 0.619 e. The van der Waals surface area contributed by atoms with Gasteiger partial charge in [0.2, 0.25) is 5.91 Å². The first-order valence-electron chi connectivity index (χ1n) is 10.2. The second kappa shape index (κ2) is 10.9. The van der Waals surface area contributed by atoms with Gasteiger partial charge >= 0.3 is 0 Å². The van der Waals surface area contributed by atoms with Gasteiger partial charge in [0.15, 0.2) is 16.7 Å². The van der Waals surface area contributed by atoms with Crippen LogP contribution in [0.25, 0.3) is 11.3 Å². The fourth-order valence-corrected chi connectivity index (χ4v) is 5.53. The number of carbonyl (C=O) groups excluding carboxylic acids is 1. The Hall–Kier alpha value is -1.84. The summed E-state index contributed by atoms with van der Waals surface area (Å²) in [5.41, 5.74) is 2.84. The number of nitrogens with one attached hydrogen (secondary N) is 1. The number of piperidine rings is 1. The number of amides is 1. The zero-order chi connectivity index (χ0) is 22.5. The quantitative estimate of drug-likeness (QED) is 0.286. The second-order valence-electron chi connectivity index (χ2n) is 7.60. The molecule has 1 fully saturated rings. The number of carbonyl (C=O) groups is 1. The summed E-state index contributed by atoms with van der Waals surface area (Å²) >= 11 is 15.0. The van der Waals surface area contributed by atoms with E-state index in [0.29, 0.717) is 15.8 Å². The second-order valence-corrected chi connectivity index (χ2v) is 10.5. The summed E-state index contributed by atoms with van der Waals surface area (Å²) in [7, 11) is 0. The van der Waals surface area contributed by atoms with Crippen molar-refractivity contribution in [2.45, 2.75) is 29.8 Å². The van der Waals surface area contributed by atoms with Crippen LogP contribution < -0.4 is 10.0 Å². The molecule has 10 heteroatoms. The molecule has 0 saturated carbocycles. The predicted molar refractivity (Wildman–Crippen MR) is 130 cm³/mol. The Balaban J connectivity index is 1.19. The van der Waals surface area contributed by atoms with E-state index in [1.165, 1.54) is 35.5 Å². The van der Waals surface area contributed by atoms with E-state index in [4.69, 9.17) is 23.2 Å². The highest BCUT2D eigenvalue weighted by Gasteiger charge is 2.21. The highest BCUT2D eigenvalue weighted by molar-refractivity contribution is 8.01. The summed E-state index contributed by atoms with van der Waals surface area (Å²) in [5.74, 6) is 0.369. The maximum Gasteiger partial charge on any atom is 0.230 e. The van der Waals surface area contributed by atoms with Crippen LogP contribution in [0.5, 0.6) is 0 Å². The number of nitrogens with zero attached hydrogens (tertiary/aromatic N) is 3. The van der Waals surface area contributed by atoms with Crippen LogP contribution in [0, 0.1) is 5.21 Å². The third-order valence-corrected chi connectivity index (χ3v) is 8.01. The molecule has 0 aliphatic carbocycles. The summed E-state index contributed by atoms with van der Waals surface area (Å²) in [5, 5.41) is 17.4. The average molecular weight is 509 g/mol. The zero-order valence-corrected chi connectivity index (χ0v) is 20.3. The average Bonchev–Trinajstić information content (AvgIpc) is 3.26. The van der Waals surface area contributed by atoms with Gasteiger partial charge in [-0.05, 0) is 30.5 Å². The van der Waals surface area contributed by atoms with Crippen molar-refractivity contribution in [3.8, 4) is 11.3 Å². The van der Waals surface area contributed by atoms with Crippen molar-refractivity contribution in [3.05, 3.63) is 68.9 Å². The van der Waals surface area contributed by atoms with E-state index >= 15 is 0 Å². The highest BCUT2D eigenvalue weighted by Crippen LogP contribution is 2.28. The molecule has 0 atom stereocenters. The van der Waals surface area contributed by atoms with Gasteiger partial charge in [0, 0.05) is 48.8 Å². The number of aromatic nitrogens is 2. The Morgan fingerprint density at radius 3 is 2.69 bits per heavy atom. The normalized spacial score (nSPS) is 15.1. The molecule has 1 aromatic carbocycles. The first-order chi connectivity index (χ1) is 15.5. The molecule has 0 unspecified atom stereocenters. The molecule has 1 amide bonds. The topological polar surface area (TPSA) is 72.2 Å². The summed E-state index contributed by atoms with van der Waals surface area (Å²) in [6.45, 7) is 2.68. The van der Waals surface area contributed by atoms with Crippen LogP contribution in [-0.4, -0.2) is 40.7 Å². The molecule has 3 aromatic rings. The Morgan fingerprint density at radius 2 is 1.97 bits per heavy atom. The molecular weight excluding hydrogens is 487 g/mol. The number of pyridine rings is 1. The van der Waals surface area contributed by atoms with Gasteiger partial charge < -0.3 is 10.5 Å². The Labute approximate surface area is 205 Å². The van der Waals surface area contributed by atoms with E-state index in [2.05, 4.69) is 15.2 Å². The van der Waals surface area contributed by atoms with Crippen molar-refractivity contribution < 1.29 is 9.52 Å². The van der Waals surface area contributed by atoms with Crippen LogP contribution in [-0.2, 0) is 11.3 Å². The van der Waals surface area contributed by atoms with Crippen LogP contribution in [0.4, 0.5) is 0 Å². The first-order valence-corrected chi connectivity index (χ1v) is 12.8. The number of halogens is 2. The maximum atomic E-state index is 12.4. The SMILES string of the molecule is O=C(CSc1nc(-c2cc[n+]([O-])cc2)cs1)NC1CCN(Cc2ccc(Cl)c(Cl)c2)CC1. The molecule has 32 heavy (non-hydrogen) atoms. The molecule has 3 heterocycles. The molecule has 1 N–H and O–H groups in total. The van der Waals surface area contributed by atoms with Crippen LogP contribution in [0.2, 0.25) is 10.0 Å². The first kappa shape index (κ1) is 23.3. The number of likely N-dealkylation sites (tertiary alicyclic amines) is 1. The van der Waals surface area contributed by atoms with Crippen molar-refractivity contribution in [3.63, 3.8) is 0 Å². The van der Waals surface area contributed by atoms with Crippen molar-refractivity contribution in [1.82, 2.24) is 15.2 Å². The minimum Gasteiger partial charge on any atom is -0.619 e. The van der Waals surface area contributed by atoms with Crippen molar-refractivity contribution in [2.75, 3.05) is 18.8 Å². The highest BCUT2D eigenvalue weighted by atomic mass is 35.5. The lowest BCUT2D eigenvalue weighted by Crippen LogP contribution is -2.44. The third kappa shape index (κ3) is 6.36. The minimum absolute atomic E-state index is 0.0294. The molecule has 2 aromatic heterocycles. The van der Waals surface area contributed by atoms with Gasteiger partial charge in [0.25, 0.3) is 0 Å². The van der Waals surface area contributed by atoms with Crippen LogP contribution >= 0.6 is 46.3 Å². The molecule has 6 nitrogen and oxygen atoms in total. The molecule has 4 rings (SSSR count). The zero-order valence-electron chi connectivity index (χ0n) is 17.2. The Morgan fingerprint density at radius 1 is 1.22 bits per heavy atom. The number of hydrogen-bond donors (Lipinski definition) is 1. The minimum atomic E-state index is 0.0294. The summed E-state index contributed by atoms with van der Waals surface area (Å²) in [4.78, 5) is 19.3. The van der Waals surface area contributed by atoms with Crippen molar-refractivity contribution >= 4 is 52.2 Å². The van der Waals surface area contributed by atoms with Crippen molar-refractivity contribution in [1.29, 1.82) is 0 Å². The number of benzene rings is 1. The summed E-state index contributed by atoms with van der Waals surface area (Å²) in [6, 6.07) is 9.41. The monoisotopic (exact) mass is 508 g/mol. The van der Waals surface area contributed by atoms with E-state index in [0.717, 1.165) is 58.4 Å². The smallest absolute Gasteiger partial charge is 0.230 e. The van der Waals surface area contributed by atoms with Gasteiger partial charge in [-0.2, -0.15) is 4.73 Å². The molecule has 168 valence electrons. The van der Waals surface area contributed by atoms with E-state index < -0.39 is 0 Å². The number of hydrogen-bond acceptors (Lipinski definition) is 6. The lowest BCUT2D eigenvalue weighted by molar-refractivity contribution is -0.605. The van der Waals surface area contributed by atoms with E-state index in [9.17, 15) is 10.0 Å². The molecule has 1 saturated heterocycles. The van der Waals surface area contributed by atoms with Crippen LogP contribution in [0.1, 0.15) is 18.4 Å². The molecule has 0 radical (unpaired) electrons. The van der Waals surface area contributed by atoms with E-state index in [1.807, 2.05) is 23.6 Å². The lowest BCUT2D eigenvalue weighted by Gasteiger charge is -2.32. The molecule has 0 spiro atoms. The van der Waals surface area contributed by atoms with Gasteiger partial charge in [0.1, 0.15) is 0 Å². The number of thioether (sulfide) groups is 1. The molecule has 0 bridgehead atoms.